The van der Waals surface area contributed by atoms with Crippen LogP contribution in [0.1, 0.15) is 32.4 Å². The fourth-order valence-corrected chi connectivity index (χ4v) is 2.46. The molecule has 2 atom stereocenters. The maximum absolute atomic E-state index is 7.60. The number of anilines is 1. The first kappa shape index (κ1) is 11.9. The highest BCUT2D eigenvalue weighted by Gasteiger charge is 2.25. The monoisotopic (exact) mass is 232 g/mol. The minimum Gasteiger partial charge on any atom is -0.382 e. The third kappa shape index (κ3) is 2.40. The Labute approximate surface area is 102 Å². The largest absolute Gasteiger partial charge is 0.382 e. The van der Waals surface area contributed by atoms with E-state index in [1.165, 1.54) is 12.8 Å². The number of piperidine rings is 1. The fraction of sp³-hybridized carbons (Fsp3) is 0.538. The van der Waals surface area contributed by atoms with E-state index in [1.54, 1.807) is 6.20 Å². The Hall–Kier alpha value is -1.58. The average molecular weight is 232 g/mol. The van der Waals surface area contributed by atoms with Crippen molar-refractivity contribution in [3.8, 4) is 0 Å². The number of pyridine rings is 1. The molecule has 0 radical (unpaired) electrons. The Morgan fingerprint density at radius 2 is 2.24 bits per heavy atom. The number of nitrogens with zero attached hydrogens (tertiary/aromatic N) is 2. The number of amidine groups is 1. The number of hydrogen-bond donors (Lipinski definition) is 2. The van der Waals surface area contributed by atoms with E-state index in [0.717, 1.165) is 12.2 Å². The van der Waals surface area contributed by atoms with E-state index in [2.05, 4.69) is 23.7 Å². The molecule has 17 heavy (non-hydrogen) atoms. The second-order valence-corrected chi connectivity index (χ2v) is 4.97. The molecule has 2 rings (SSSR count). The molecule has 0 spiro atoms. The molecule has 1 aliphatic rings. The maximum atomic E-state index is 7.60. The maximum Gasteiger partial charge on any atom is 0.143 e. The predicted molar refractivity (Wildman–Crippen MR) is 70.5 cm³/mol. The van der Waals surface area contributed by atoms with Crippen LogP contribution in [0, 0.1) is 11.3 Å². The van der Waals surface area contributed by atoms with Gasteiger partial charge in [0.25, 0.3) is 0 Å². The van der Waals surface area contributed by atoms with Gasteiger partial charge in [0.2, 0.25) is 0 Å². The molecule has 1 fully saturated rings. The van der Waals surface area contributed by atoms with E-state index in [-0.39, 0.29) is 5.84 Å². The number of nitrogen functional groups attached to an aromatic ring is 1. The molecule has 4 heteroatoms. The highest BCUT2D eigenvalue weighted by molar-refractivity contribution is 5.98. The zero-order valence-corrected chi connectivity index (χ0v) is 10.5. The molecule has 0 bridgehead atoms. The van der Waals surface area contributed by atoms with Crippen molar-refractivity contribution < 1.29 is 0 Å². The Morgan fingerprint density at radius 3 is 2.94 bits per heavy atom. The van der Waals surface area contributed by atoms with Crippen LogP contribution in [0.2, 0.25) is 0 Å². The van der Waals surface area contributed by atoms with Crippen LogP contribution in [0.4, 0.5) is 5.69 Å². The molecular weight excluding hydrogens is 212 g/mol. The average Bonchev–Trinajstić information content (AvgIpc) is 2.32. The summed E-state index contributed by atoms with van der Waals surface area (Å²) in [6.45, 7) is 5.51. The van der Waals surface area contributed by atoms with Gasteiger partial charge in [-0.25, -0.2) is 0 Å². The quantitative estimate of drug-likeness (QED) is 0.605. The third-order valence-electron chi connectivity index (χ3n) is 3.47. The van der Waals surface area contributed by atoms with Crippen LogP contribution >= 0.6 is 0 Å². The zero-order valence-electron chi connectivity index (χ0n) is 10.5. The van der Waals surface area contributed by atoms with Crippen LogP contribution in [-0.4, -0.2) is 23.4 Å². The predicted octanol–water partition coefficient (Wildman–Crippen LogP) is 1.99. The van der Waals surface area contributed by atoms with Crippen molar-refractivity contribution in [3.05, 3.63) is 24.0 Å². The minimum atomic E-state index is 0.0472. The van der Waals surface area contributed by atoms with E-state index in [0.29, 0.717) is 17.7 Å². The Balaban J connectivity index is 2.35. The number of hydrogen-bond acceptors (Lipinski definition) is 3. The molecule has 0 saturated carbocycles. The molecule has 4 nitrogen and oxygen atoms in total. The molecule has 2 unspecified atom stereocenters. The molecule has 2 heterocycles. The van der Waals surface area contributed by atoms with Gasteiger partial charge in [-0.2, -0.15) is 0 Å². The smallest absolute Gasteiger partial charge is 0.143 e. The van der Waals surface area contributed by atoms with E-state index in [4.69, 9.17) is 11.1 Å². The van der Waals surface area contributed by atoms with Crippen LogP contribution in [0.3, 0.4) is 0 Å². The Morgan fingerprint density at radius 1 is 1.47 bits per heavy atom. The van der Waals surface area contributed by atoms with Crippen molar-refractivity contribution in [3.63, 3.8) is 0 Å². The van der Waals surface area contributed by atoms with Crippen LogP contribution in [0.25, 0.3) is 0 Å². The van der Waals surface area contributed by atoms with Gasteiger partial charge in [-0.05, 0) is 37.8 Å². The van der Waals surface area contributed by atoms with Crippen molar-refractivity contribution in [1.29, 1.82) is 5.41 Å². The summed E-state index contributed by atoms with van der Waals surface area (Å²) in [6, 6.07) is 4.42. The van der Waals surface area contributed by atoms with Crippen molar-refractivity contribution in [2.24, 2.45) is 11.7 Å². The van der Waals surface area contributed by atoms with Gasteiger partial charge in [-0.3, -0.25) is 10.4 Å². The SMILES string of the molecule is CC1CCC(C)N(c2cccnc2C(=N)N)C1. The summed E-state index contributed by atoms with van der Waals surface area (Å²) in [7, 11) is 0. The van der Waals surface area contributed by atoms with Crippen LogP contribution in [0.15, 0.2) is 18.3 Å². The van der Waals surface area contributed by atoms with Gasteiger partial charge >= 0.3 is 0 Å². The Bertz CT molecular complexity index is 416. The number of nitrogens with one attached hydrogen (secondary N) is 1. The van der Waals surface area contributed by atoms with E-state index >= 15 is 0 Å². The van der Waals surface area contributed by atoms with E-state index < -0.39 is 0 Å². The number of aromatic nitrogens is 1. The summed E-state index contributed by atoms with van der Waals surface area (Å²) < 4.78 is 0. The Kier molecular flexibility index (Phi) is 3.31. The first-order valence-electron chi connectivity index (χ1n) is 6.15. The highest BCUT2D eigenvalue weighted by atomic mass is 15.2. The fourth-order valence-electron chi connectivity index (χ4n) is 2.46. The van der Waals surface area contributed by atoms with Gasteiger partial charge < -0.3 is 10.6 Å². The number of rotatable bonds is 2. The molecular formula is C13H20N4. The molecule has 0 aromatic carbocycles. The van der Waals surface area contributed by atoms with Gasteiger partial charge in [-0.15, -0.1) is 0 Å². The molecule has 1 aromatic heterocycles. The van der Waals surface area contributed by atoms with Crippen LogP contribution < -0.4 is 10.6 Å². The van der Waals surface area contributed by atoms with Gasteiger partial charge in [-0.1, -0.05) is 6.92 Å². The molecule has 1 saturated heterocycles. The first-order valence-corrected chi connectivity index (χ1v) is 6.15. The normalized spacial score (nSPS) is 24.7. The van der Waals surface area contributed by atoms with Gasteiger partial charge in [0.1, 0.15) is 11.5 Å². The second kappa shape index (κ2) is 4.73. The van der Waals surface area contributed by atoms with Gasteiger partial charge in [0.05, 0.1) is 5.69 Å². The van der Waals surface area contributed by atoms with Crippen LogP contribution in [-0.2, 0) is 0 Å². The van der Waals surface area contributed by atoms with Gasteiger partial charge in [0, 0.05) is 18.8 Å². The van der Waals surface area contributed by atoms with E-state index in [9.17, 15) is 0 Å². The molecule has 1 aromatic rings. The minimum absolute atomic E-state index is 0.0472. The van der Waals surface area contributed by atoms with Crippen LogP contribution in [0.5, 0.6) is 0 Å². The van der Waals surface area contributed by atoms with Crippen molar-refractivity contribution in [2.75, 3.05) is 11.4 Å². The summed E-state index contributed by atoms with van der Waals surface area (Å²) >= 11 is 0. The zero-order chi connectivity index (χ0) is 12.4. The van der Waals surface area contributed by atoms with Crippen molar-refractivity contribution in [2.45, 2.75) is 32.7 Å². The summed E-state index contributed by atoms with van der Waals surface area (Å²) in [4.78, 5) is 6.55. The first-order chi connectivity index (χ1) is 8.09. The third-order valence-corrected chi connectivity index (χ3v) is 3.47. The lowest BCUT2D eigenvalue weighted by Crippen LogP contribution is -2.42. The highest BCUT2D eigenvalue weighted by Crippen LogP contribution is 2.28. The second-order valence-electron chi connectivity index (χ2n) is 4.97. The lowest BCUT2D eigenvalue weighted by atomic mass is 9.94. The lowest BCUT2D eigenvalue weighted by molar-refractivity contribution is 0.390. The molecule has 0 amide bonds. The lowest BCUT2D eigenvalue weighted by Gasteiger charge is -2.39. The van der Waals surface area contributed by atoms with Gasteiger partial charge in [0.15, 0.2) is 0 Å². The summed E-state index contributed by atoms with van der Waals surface area (Å²) in [5, 5.41) is 7.60. The molecule has 92 valence electrons. The summed E-state index contributed by atoms with van der Waals surface area (Å²) in [5.74, 6) is 0.734. The molecule has 1 aliphatic heterocycles. The standard InChI is InChI=1S/C13H20N4/c1-9-5-6-10(2)17(8-9)11-4-3-7-16-12(11)13(14)15/h3-4,7,9-10H,5-6,8H2,1-2H3,(H3,14,15). The summed E-state index contributed by atoms with van der Waals surface area (Å²) in [5.41, 5.74) is 7.20. The van der Waals surface area contributed by atoms with Crippen molar-refractivity contribution >= 4 is 11.5 Å². The number of nitrogens with two attached hydrogens (primary N) is 1. The van der Waals surface area contributed by atoms with E-state index in [1.807, 2.05) is 12.1 Å². The molecule has 3 N–H and O–H groups in total. The van der Waals surface area contributed by atoms with Crippen molar-refractivity contribution in [1.82, 2.24) is 4.98 Å². The molecule has 0 aliphatic carbocycles. The topological polar surface area (TPSA) is 66.0 Å². The summed E-state index contributed by atoms with van der Waals surface area (Å²) in [6.07, 6.45) is 4.15.